The summed E-state index contributed by atoms with van der Waals surface area (Å²) in [7, 11) is 0. The molecule has 0 radical (unpaired) electrons. The van der Waals surface area contributed by atoms with Crippen molar-refractivity contribution in [2.24, 2.45) is 0 Å². The van der Waals surface area contributed by atoms with Crippen LogP contribution >= 0.6 is 12.2 Å². The Balaban J connectivity index is 1.85. The first-order chi connectivity index (χ1) is 11.1. The number of hydrogen-bond donors (Lipinski definition) is 2. The van der Waals surface area contributed by atoms with Crippen LogP contribution in [-0.4, -0.2) is 20.7 Å². The van der Waals surface area contributed by atoms with Crippen LogP contribution in [0.4, 0.5) is 5.69 Å². The van der Waals surface area contributed by atoms with Gasteiger partial charge in [-0.05, 0) is 37.3 Å². The van der Waals surface area contributed by atoms with Gasteiger partial charge in [-0.25, -0.2) is 0 Å². The van der Waals surface area contributed by atoms with E-state index in [1.165, 1.54) is 0 Å². The summed E-state index contributed by atoms with van der Waals surface area (Å²) in [4.78, 5) is 12.3. The average Bonchev–Trinajstić information content (AvgIpc) is 2.89. The number of H-pyrrole nitrogens is 1. The fourth-order valence-corrected chi connectivity index (χ4v) is 2.53. The highest BCUT2D eigenvalue weighted by Crippen LogP contribution is 2.18. The maximum absolute atomic E-state index is 12.3. The minimum atomic E-state index is -0.150. The van der Waals surface area contributed by atoms with Gasteiger partial charge >= 0.3 is 0 Å². The molecule has 0 aliphatic carbocycles. The number of benzene rings is 2. The van der Waals surface area contributed by atoms with Crippen molar-refractivity contribution in [2.75, 3.05) is 5.32 Å². The first-order valence-corrected chi connectivity index (χ1v) is 7.61. The summed E-state index contributed by atoms with van der Waals surface area (Å²) in [5.41, 5.74) is 2.80. The van der Waals surface area contributed by atoms with Gasteiger partial charge in [0, 0.05) is 11.3 Å². The van der Waals surface area contributed by atoms with E-state index < -0.39 is 0 Å². The van der Waals surface area contributed by atoms with Crippen molar-refractivity contribution >= 4 is 23.8 Å². The van der Waals surface area contributed by atoms with Gasteiger partial charge in [-0.3, -0.25) is 14.5 Å². The summed E-state index contributed by atoms with van der Waals surface area (Å²) >= 11 is 5.25. The molecule has 3 aromatic rings. The topological polar surface area (TPSA) is 62.7 Å². The lowest BCUT2D eigenvalue weighted by Gasteiger charge is -2.08. The molecular formula is C17H16N4OS. The molecule has 5 nitrogen and oxygen atoms in total. The second-order valence-electron chi connectivity index (χ2n) is 5.22. The first-order valence-electron chi connectivity index (χ1n) is 7.20. The molecule has 0 saturated carbocycles. The van der Waals surface area contributed by atoms with E-state index in [2.05, 4.69) is 15.5 Å². The van der Waals surface area contributed by atoms with Gasteiger partial charge < -0.3 is 5.32 Å². The van der Waals surface area contributed by atoms with Crippen LogP contribution in [0.15, 0.2) is 54.6 Å². The monoisotopic (exact) mass is 324 g/mol. The number of amides is 1. The van der Waals surface area contributed by atoms with Crippen LogP contribution in [0, 0.1) is 11.7 Å². The van der Waals surface area contributed by atoms with E-state index in [-0.39, 0.29) is 12.5 Å². The molecular weight excluding hydrogens is 308 g/mol. The van der Waals surface area contributed by atoms with Crippen molar-refractivity contribution in [3.05, 3.63) is 64.9 Å². The number of anilines is 1. The van der Waals surface area contributed by atoms with Crippen LogP contribution in [0.5, 0.6) is 0 Å². The Bertz CT molecular complexity index is 883. The number of carbonyl (C=O) groups is 1. The molecule has 0 atom stereocenters. The van der Waals surface area contributed by atoms with E-state index in [9.17, 15) is 4.79 Å². The molecule has 0 spiro atoms. The van der Waals surface area contributed by atoms with Gasteiger partial charge in [0.25, 0.3) is 0 Å². The third-order valence-electron chi connectivity index (χ3n) is 3.39. The summed E-state index contributed by atoms with van der Waals surface area (Å²) in [6, 6.07) is 17.3. The van der Waals surface area contributed by atoms with E-state index in [0.29, 0.717) is 10.6 Å². The maximum Gasteiger partial charge on any atom is 0.244 e. The van der Waals surface area contributed by atoms with Crippen LogP contribution < -0.4 is 5.32 Å². The smallest absolute Gasteiger partial charge is 0.244 e. The van der Waals surface area contributed by atoms with Crippen LogP contribution in [0.1, 0.15) is 5.56 Å². The molecule has 2 aromatic carbocycles. The lowest BCUT2D eigenvalue weighted by atomic mass is 10.1. The maximum atomic E-state index is 12.3. The minimum absolute atomic E-state index is 0.105. The number of carbonyl (C=O) groups excluding carboxylic acids is 1. The normalized spacial score (nSPS) is 10.5. The number of aryl methyl sites for hydroxylation is 1. The van der Waals surface area contributed by atoms with Gasteiger partial charge in [-0.2, -0.15) is 5.10 Å². The van der Waals surface area contributed by atoms with Crippen molar-refractivity contribution in [2.45, 2.75) is 13.5 Å². The molecule has 1 amide bonds. The molecule has 0 fully saturated rings. The van der Waals surface area contributed by atoms with Crippen LogP contribution in [0.2, 0.25) is 0 Å². The van der Waals surface area contributed by atoms with E-state index in [4.69, 9.17) is 12.2 Å². The summed E-state index contributed by atoms with van der Waals surface area (Å²) < 4.78 is 2.12. The Labute approximate surface area is 139 Å². The van der Waals surface area contributed by atoms with Gasteiger partial charge in [0.2, 0.25) is 5.91 Å². The second kappa shape index (κ2) is 6.58. The van der Waals surface area contributed by atoms with Gasteiger partial charge in [0.15, 0.2) is 10.6 Å². The number of aromatic amines is 1. The van der Waals surface area contributed by atoms with E-state index in [1.54, 1.807) is 4.57 Å². The van der Waals surface area contributed by atoms with E-state index >= 15 is 0 Å². The van der Waals surface area contributed by atoms with Gasteiger partial charge in [0.1, 0.15) is 6.54 Å². The van der Waals surface area contributed by atoms with Crippen LogP contribution in [0.3, 0.4) is 0 Å². The summed E-state index contributed by atoms with van der Waals surface area (Å²) in [5, 5.41) is 9.86. The summed E-state index contributed by atoms with van der Waals surface area (Å²) in [6.45, 7) is 2.12. The number of hydrogen-bond acceptors (Lipinski definition) is 3. The lowest BCUT2D eigenvalue weighted by Crippen LogP contribution is -2.19. The number of nitrogens with zero attached hydrogens (tertiary/aromatic N) is 2. The Morgan fingerprint density at radius 2 is 2.00 bits per heavy atom. The minimum Gasteiger partial charge on any atom is -0.325 e. The van der Waals surface area contributed by atoms with Crippen LogP contribution in [0.25, 0.3) is 11.4 Å². The molecule has 3 rings (SSSR count). The van der Waals surface area contributed by atoms with Crippen LogP contribution in [-0.2, 0) is 11.3 Å². The molecule has 0 bridgehead atoms. The third-order valence-corrected chi connectivity index (χ3v) is 3.71. The molecule has 0 aliphatic heterocycles. The highest BCUT2D eigenvalue weighted by molar-refractivity contribution is 7.71. The highest BCUT2D eigenvalue weighted by Gasteiger charge is 2.12. The third kappa shape index (κ3) is 3.54. The molecule has 1 heterocycles. The molecule has 2 N–H and O–H groups in total. The number of rotatable bonds is 4. The zero-order valence-corrected chi connectivity index (χ0v) is 13.4. The lowest BCUT2D eigenvalue weighted by molar-refractivity contribution is -0.116. The van der Waals surface area contributed by atoms with Crippen molar-refractivity contribution in [3.8, 4) is 11.4 Å². The zero-order chi connectivity index (χ0) is 16.2. The predicted molar refractivity (Wildman–Crippen MR) is 92.7 cm³/mol. The Kier molecular flexibility index (Phi) is 4.34. The molecule has 0 aliphatic rings. The average molecular weight is 324 g/mol. The molecule has 1 aromatic heterocycles. The number of nitrogens with one attached hydrogen (secondary N) is 2. The van der Waals surface area contributed by atoms with E-state index in [1.807, 2.05) is 61.5 Å². The number of aromatic nitrogens is 3. The van der Waals surface area contributed by atoms with Gasteiger partial charge in [-0.15, -0.1) is 0 Å². The molecule has 116 valence electrons. The fraction of sp³-hybridized carbons (Fsp3) is 0.118. The summed E-state index contributed by atoms with van der Waals surface area (Å²) in [5.74, 6) is 0.504. The Morgan fingerprint density at radius 3 is 2.74 bits per heavy atom. The predicted octanol–water partition coefficient (Wildman–Crippen LogP) is 3.55. The van der Waals surface area contributed by atoms with Crippen molar-refractivity contribution in [1.29, 1.82) is 0 Å². The van der Waals surface area contributed by atoms with Crippen molar-refractivity contribution in [3.63, 3.8) is 0 Å². The largest absolute Gasteiger partial charge is 0.325 e. The first kappa shape index (κ1) is 15.2. The quantitative estimate of drug-likeness (QED) is 0.721. The molecule has 0 saturated heterocycles. The molecule has 6 heteroatoms. The molecule has 23 heavy (non-hydrogen) atoms. The van der Waals surface area contributed by atoms with E-state index in [0.717, 1.165) is 16.8 Å². The Morgan fingerprint density at radius 1 is 1.22 bits per heavy atom. The molecule has 0 unspecified atom stereocenters. The second-order valence-corrected chi connectivity index (χ2v) is 5.61. The SMILES string of the molecule is Cc1cccc(-c2n[nH]c(=S)n2CC(=O)Nc2ccccc2)c1. The van der Waals surface area contributed by atoms with Crippen molar-refractivity contribution in [1.82, 2.24) is 14.8 Å². The van der Waals surface area contributed by atoms with Gasteiger partial charge in [0.05, 0.1) is 0 Å². The van der Waals surface area contributed by atoms with Gasteiger partial charge in [-0.1, -0.05) is 42.0 Å². The zero-order valence-electron chi connectivity index (χ0n) is 12.6. The van der Waals surface area contributed by atoms with Crippen molar-refractivity contribution < 1.29 is 4.79 Å². The summed E-state index contributed by atoms with van der Waals surface area (Å²) in [6.07, 6.45) is 0. The highest BCUT2D eigenvalue weighted by atomic mass is 32.1. The fourth-order valence-electron chi connectivity index (χ4n) is 2.33. The standard InChI is InChI=1S/C17H16N4OS/c1-12-6-5-7-13(10-12)16-19-20-17(23)21(16)11-15(22)18-14-8-3-2-4-9-14/h2-10H,11H2,1H3,(H,18,22)(H,20,23). The number of para-hydroxylation sites is 1. The Hall–Kier alpha value is -2.73.